The number of H-pyrrole nitrogens is 1. The Bertz CT molecular complexity index is 820. The fraction of sp³-hybridized carbons (Fsp3) is 0.0833. The fourth-order valence-electron chi connectivity index (χ4n) is 1.84. The third-order valence-corrected chi connectivity index (χ3v) is 2.73. The predicted molar refractivity (Wildman–Crippen MR) is 64.0 cm³/mol. The molecule has 0 atom stereocenters. The Morgan fingerprint density at radius 3 is 2.70 bits per heavy atom. The van der Waals surface area contributed by atoms with Crippen LogP contribution >= 0.6 is 0 Å². The van der Waals surface area contributed by atoms with Gasteiger partial charge >= 0.3 is 6.18 Å². The maximum atomic E-state index is 12.7. The van der Waals surface area contributed by atoms with Crippen molar-refractivity contribution in [2.24, 2.45) is 0 Å². The number of hydrogen-bond donors (Lipinski definition) is 1. The molecule has 0 amide bonds. The van der Waals surface area contributed by atoms with E-state index in [0.717, 1.165) is 4.52 Å². The van der Waals surface area contributed by atoms with Crippen LogP contribution in [0.3, 0.4) is 0 Å². The Hall–Kier alpha value is -2.64. The van der Waals surface area contributed by atoms with Crippen LogP contribution in [0.4, 0.5) is 13.2 Å². The minimum absolute atomic E-state index is 0.108. The van der Waals surface area contributed by atoms with E-state index in [2.05, 4.69) is 15.1 Å². The number of aromatic amines is 1. The molecule has 3 aromatic rings. The Kier molecular flexibility index (Phi) is 2.60. The van der Waals surface area contributed by atoms with Crippen LogP contribution in [-0.2, 0) is 6.18 Å². The first-order chi connectivity index (χ1) is 9.47. The van der Waals surface area contributed by atoms with E-state index in [-0.39, 0.29) is 5.65 Å². The van der Waals surface area contributed by atoms with Crippen LogP contribution in [0.1, 0.15) is 5.69 Å². The minimum Gasteiger partial charge on any atom is -0.296 e. The van der Waals surface area contributed by atoms with Crippen LogP contribution in [0.15, 0.2) is 41.5 Å². The molecule has 3 rings (SSSR count). The lowest BCUT2D eigenvalue weighted by atomic mass is 10.2. The van der Waals surface area contributed by atoms with Gasteiger partial charge in [0.1, 0.15) is 0 Å². The zero-order valence-electron chi connectivity index (χ0n) is 9.85. The molecule has 0 aromatic carbocycles. The second-order valence-electron chi connectivity index (χ2n) is 4.04. The molecule has 20 heavy (non-hydrogen) atoms. The fourth-order valence-corrected chi connectivity index (χ4v) is 1.84. The van der Waals surface area contributed by atoms with Gasteiger partial charge < -0.3 is 0 Å². The molecule has 0 aliphatic heterocycles. The number of halogens is 3. The van der Waals surface area contributed by atoms with Gasteiger partial charge in [0.05, 0.1) is 11.3 Å². The number of alkyl halides is 3. The van der Waals surface area contributed by atoms with Crippen molar-refractivity contribution in [3.63, 3.8) is 0 Å². The van der Waals surface area contributed by atoms with Gasteiger partial charge in [0.15, 0.2) is 11.3 Å². The molecule has 0 radical (unpaired) electrons. The summed E-state index contributed by atoms with van der Waals surface area (Å²) < 4.78 is 39.0. The number of hydrogen-bond acceptors (Lipinski definition) is 3. The van der Waals surface area contributed by atoms with Crippen molar-refractivity contribution in [2.45, 2.75) is 6.18 Å². The second-order valence-corrected chi connectivity index (χ2v) is 4.04. The molecular formula is C12H7F3N4O. The third-order valence-electron chi connectivity index (χ3n) is 2.73. The van der Waals surface area contributed by atoms with Crippen molar-refractivity contribution in [2.75, 3.05) is 0 Å². The highest BCUT2D eigenvalue weighted by molar-refractivity contribution is 5.74. The lowest BCUT2D eigenvalue weighted by Crippen LogP contribution is -2.19. The lowest BCUT2D eigenvalue weighted by molar-refractivity contribution is -0.141. The van der Waals surface area contributed by atoms with E-state index >= 15 is 0 Å². The van der Waals surface area contributed by atoms with E-state index in [1.54, 1.807) is 18.2 Å². The number of pyridine rings is 1. The number of nitrogens with one attached hydrogen (secondary N) is 1. The topological polar surface area (TPSA) is 63.0 Å². The maximum Gasteiger partial charge on any atom is 0.433 e. The van der Waals surface area contributed by atoms with E-state index in [0.29, 0.717) is 17.3 Å². The van der Waals surface area contributed by atoms with E-state index in [9.17, 15) is 18.0 Å². The van der Waals surface area contributed by atoms with E-state index in [4.69, 9.17) is 0 Å². The van der Waals surface area contributed by atoms with Crippen molar-refractivity contribution in [1.82, 2.24) is 19.6 Å². The molecule has 0 bridgehead atoms. The zero-order valence-corrected chi connectivity index (χ0v) is 9.85. The summed E-state index contributed by atoms with van der Waals surface area (Å²) in [6, 6.07) is 5.44. The number of fused-ring (bicyclic) bond motifs is 1. The monoisotopic (exact) mass is 280 g/mol. The molecular weight excluding hydrogens is 273 g/mol. The van der Waals surface area contributed by atoms with Crippen LogP contribution in [0.5, 0.6) is 0 Å². The smallest absolute Gasteiger partial charge is 0.296 e. The van der Waals surface area contributed by atoms with Gasteiger partial charge in [-0.15, -0.1) is 0 Å². The van der Waals surface area contributed by atoms with Gasteiger partial charge in [0.25, 0.3) is 5.56 Å². The molecule has 8 heteroatoms. The highest BCUT2D eigenvalue weighted by atomic mass is 19.4. The van der Waals surface area contributed by atoms with E-state index < -0.39 is 17.4 Å². The maximum absolute atomic E-state index is 12.7. The second kappa shape index (κ2) is 4.19. The van der Waals surface area contributed by atoms with Crippen LogP contribution in [0, 0.1) is 0 Å². The van der Waals surface area contributed by atoms with E-state index in [1.165, 1.54) is 12.4 Å². The van der Waals surface area contributed by atoms with Crippen LogP contribution in [0.2, 0.25) is 0 Å². The minimum atomic E-state index is -4.67. The average Bonchev–Trinajstić information content (AvgIpc) is 2.83. The van der Waals surface area contributed by atoms with Gasteiger partial charge in [-0.1, -0.05) is 6.07 Å². The van der Waals surface area contributed by atoms with Crippen LogP contribution < -0.4 is 5.56 Å². The molecule has 5 nitrogen and oxygen atoms in total. The highest BCUT2D eigenvalue weighted by Gasteiger charge is 2.34. The molecule has 3 aromatic heterocycles. The van der Waals surface area contributed by atoms with Crippen molar-refractivity contribution in [3.8, 4) is 11.3 Å². The summed E-state index contributed by atoms with van der Waals surface area (Å²) in [5, 5.41) is 2.57. The summed E-state index contributed by atoms with van der Waals surface area (Å²) in [6.07, 6.45) is -1.77. The Morgan fingerprint density at radius 2 is 2.05 bits per heavy atom. The lowest BCUT2D eigenvalue weighted by Gasteiger charge is -2.05. The summed E-state index contributed by atoms with van der Waals surface area (Å²) in [5.41, 5.74) is -1.40. The molecule has 0 unspecified atom stereocenters. The molecule has 3 heterocycles. The average molecular weight is 280 g/mol. The van der Waals surface area contributed by atoms with Crippen molar-refractivity contribution in [1.29, 1.82) is 0 Å². The van der Waals surface area contributed by atoms with Gasteiger partial charge in [-0.25, -0.2) is 9.50 Å². The summed E-state index contributed by atoms with van der Waals surface area (Å²) in [7, 11) is 0. The van der Waals surface area contributed by atoms with Crippen molar-refractivity contribution >= 4 is 5.65 Å². The Morgan fingerprint density at radius 1 is 1.25 bits per heavy atom. The van der Waals surface area contributed by atoms with Gasteiger partial charge in [-0.3, -0.25) is 14.9 Å². The number of nitrogens with zero attached hydrogens (tertiary/aromatic N) is 3. The van der Waals surface area contributed by atoms with Gasteiger partial charge in [0.2, 0.25) is 0 Å². The first-order valence-electron chi connectivity index (χ1n) is 5.56. The Balaban J connectivity index is 2.31. The molecule has 1 N–H and O–H groups in total. The van der Waals surface area contributed by atoms with Crippen molar-refractivity contribution < 1.29 is 13.2 Å². The molecule has 0 aliphatic carbocycles. The molecule has 0 saturated heterocycles. The summed E-state index contributed by atoms with van der Waals surface area (Å²) >= 11 is 0. The van der Waals surface area contributed by atoms with Crippen LogP contribution in [-0.4, -0.2) is 19.6 Å². The number of rotatable bonds is 1. The SMILES string of the molecule is O=c1cc(C(F)(F)F)nc2c(-c3ccccn3)c[nH]n12. The quantitative estimate of drug-likeness (QED) is 0.742. The standard InChI is InChI=1S/C12H7F3N4O/c13-12(14,15)9-5-10(20)19-11(18-9)7(6-17-19)8-3-1-2-4-16-8/h1-6,17H. The molecule has 102 valence electrons. The first-order valence-corrected chi connectivity index (χ1v) is 5.56. The summed E-state index contributed by atoms with van der Waals surface area (Å²) in [4.78, 5) is 19.2. The first kappa shape index (κ1) is 12.4. The summed E-state index contributed by atoms with van der Waals surface area (Å²) in [5.74, 6) is 0. The molecule has 0 saturated carbocycles. The van der Waals surface area contributed by atoms with Gasteiger partial charge in [-0.2, -0.15) is 13.2 Å². The zero-order chi connectivity index (χ0) is 14.3. The van der Waals surface area contributed by atoms with Gasteiger partial charge in [-0.05, 0) is 12.1 Å². The molecule has 0 aliphatic rings. The summed E-state index contributed by atoms with van der Waals surface area (Å²) in [6.45, 7) is 0. The molecule has 0 fully saturated rings. The van der Waals surface area contributed by atoms with Crippen LogP contribution in [0.25, 0.3) is 16.9 Å². The van der Waals surface area contributed by atoms with Gasteiger partial charge in [0, 0.05) is 18.5 Å². The largest absolute Gasteiger partial charge is 0.433 e. The molecule has 0 spiro atoms. The number of aromatic nitrogens is 4. The van der Waals surface area contributed by atoms with Crippen molar-refractivity contribution in [3.05, 3.63) is 52.7 Å². The third kappa shape index (κ3) is 1.94. The Labute approximate surface area is 109 Å². The van der Waals surface area contributed by atoms with E-state index in [1.807, 2.05) is 0 Å². The predicted octanol–water partition coefficient (Wildman–Crippen LogP) is 2.10. The normalized spacial score (nSPS) is 11.9. The highest BCUT2D eigenvalue weighted by Crippen LogP contribution is 2.28.